The Morgan fingerprint density at radius 1 is 1.31 bits per heavy atom. The highest BCUT2D eigenvalue weighted by Crippen LogP contribution is 2.10. The molecule has 1 rings (SSSR count). The molecule has 0 aromatic heterocycles. The summed E-state index contributed by atoms with van der Waals surface area (Å²) in [5.41, 5.74) is 1.11. The van der Waals surface area contributed by atoms with Gasteiger partial charge in [-0.05, 0) is 24.2 Å². The first-order chi connectivity index (χ1) is 7.72. The van der Waals surface area contributed by atoms with Crippen LogP contribution in [0, 0.1) is 0 Å². The molecule has 0 unspecified atom stereocenters. The minimum Gasteiger partial charge on any atom is -0.352 e. The Hall–Kier alpha value is -0.870. The molecule has 0 aliphatic carbocycles. The fourth-order valence-corrected chi connectivity index (χ4v) is 1.53. The van der Waals surface area contributed by atoms with Gasteiger partial charge in [0.2, 0.25) is 5.91 Å². The van der Waals surface area contributed by atoms with Crippen molar-refractivity contribution >= 4 is 21.8 Å². The van der Waals surface area contributed by atoms with Crippen molar-refractivity contribution < 1.29 is 4.79 Å². The Labute approximate surface area is 105 Å². The fourth-order valence-electron chi connectivity index (χ4n) is 1.27. The largest absolute Gasteiger partial charge is 0.352 e. The van der Waals surface area contributed by atoms with Crippen molar-refractivity contribution in [2.24, 2.45) is 0 Å². The lowest BCUT2D eigenvalue weighted by atomic mass is 10.2. The molecular weight excluding hydrogens is 268 g/mol. The van der Waals surface area contributed by atoms with Crippen LogP contribution >= 0.6 is 15.9 Å². The Kier molecular flexibility index (Phi) is 6.11. The van der Waals surface area contributed by atoms with Gasteiger partial charge in [0, 0.05) is 24.0 Å². The van der Waals surface area contributed by atoms with Crippen LogP contribution in [0.3, 0.4) is 0 Å². The van der Waals surface area contributed by atoms with E-state index in [0.29, 0.717) is 13.0 Å². The van der Waals surface area contributed by atoms with Gasteiger partial charge in [-0.1, -0.05) is 35.0 Å². The smallest absolute Gasteiger partial charge is 0.221 e. The molecule has 1 aromatic carbocycles. The average Bonchev–Trinajstić information content (AvgIpc) is 2.29. The number of hydrogen-bond donors (Lipinski definition) is 2. The minimum absolute atomic E-state index is 0.0869. The monoisotopic (exact) mass is 284 g/mol. The van der Waals surface area contributed by atoms with Crippen LogP contribution < -0.4 is 10.6 Å². The fraction of sp³-hybridized carbons (Fsp3) is 0.417. The van der Waals surface area contributed by atoms with Gasteiger partial charge in [0.05, 0.1) is 0 Å². The summed E-state index contributed by atoms with van der Waals surface area (Å²) in [7, 11) is 0. The summed E-state index contributed by atoms with van der Waals surface area (Å²) in [5, 5.41) is 6.00. The number of carbonyl (C=O) groups is 1. The van der Waals surface area contributed by atoms with E-state index in [-0.39, 0.29) is 5.91 Å². The van der Waals surface area contributed by atoms with Crippen molar-refractivity contribution in [2.75, 3.05) is 13.1 Å². The molecule has 16 heavy (non-hydrogen) atoms. The van der Waals surface area contributed by atoms with Crippen LogP contribution in [0.15, 0.2) is 28.7 Å². The summed E-state index contributed by atoms with van der Waals surface area (Å²) in [6.45, 7) is 4.26. The van der Waals surface area contributed by atoms with Crippen LogP contribution in [0.4, 0.5) is 0 Å². The van der Waals surface area contributed by atoms with Crippen LogP contribution in [0.5, 0.6) is 0 Å². The molecule has 0 radical (unpaired) electrons. The maximum Gasteiger partial charge on any atom is 0.221 e. The molecule has 0 saturated carbocycles. The second kappa shape index (κ2) is 7.41. The Morgan fingerprint density at radius 2 is 2.00 bits per heavy atom. The van der Waals surface area contributed by atoms with Crippen molar-refractivity contribution in [2.45, 2.75) is 19.9 Å². The predicted molar refractivity (Wildman–Crippen MR) is 69.1 cm³/mol. The number of rotatable bonds is 6. The van der Waals surface area contributed by atoms with Gasteiger partial charge >= 0.3 is 0 Å². The Balaban J connectivity index is 2.23. The van der Waals surface area contributed by atoms with Crippen molar-refractivity contribution in [3.8, 4) is 0 Å². The van der Waals surface area contributed by atoms with Crippen LogP contribution in [0.2, 0.25) is 0 Å². The van der Waals surface area contributed by atoms with Gasteiger partial charge in [0.25, 0.3) is 0 Å². The zero-order valence-electron chi connectivity index (χ0n) is 9.42. The van der Waals surface area contributed by atoms with Gasteiger partial charge < -0.3 is 10.6 Å². The first-order valence-electron chi connectivity index (χ1n) is 5.44. The zero-order valence-corrected chi connectivity index (χ0v) is 11.0. The summed E-state index contributed by atoms with van der Waals surface area (Å²) in [4.78, 5) is 11.4. The van der Waals surface area contributed by atoms with Crippen molar-refractivity contribution in [1.29, 1.82) is 0 Å². The van der Waals surface area contributed by atoms with E-state index in [0.717, 1.165) is 23.1 Å². The quantitative estimate of drug-likeness (QED) is 0.786. The van der Waals surface area contributed by atoms with Gasteiger partial charge in [-0.15, -0.1) is 0 Å². The zero-order chi connectivity index (χ0) is 11.8. The summed E-state index contributed by atoms with van der Waals surface area (Å²) >= 11 is 3.37. The molecule has 2 N–H and O–H groups in total. The van der Waals surface area contributed by atoms with Crippen molar-refractivity contribution in [3.63, 3.8) is 0 Å². The summed E-state index contributed by atoms with van der Waals surface area (Å²) in [5.74, 6) is 0.0869. The SMILES string of the molecule is CCNCCC(=O)NCc1ccc(Br)cc1. The van der Waals surface area contributed by atoms with Crippen LogP contribution in [-0.2, 0) is 11.3 Å². The standard InChI is InChI=1S/C12H17BrN2O/c1-2-14-8-7-12(16)15-9-10-3-5-11(13)6-4-10/h3-6,14H,2,7-9H2,1H3,(H,15,16). The van der Waals surface area contributed by atoms with E-state index in [4.69, 9.17) is 0 Å². The molecule has 0 bridgehead atoms. The lowest BCUT2D eigenvalue weighted by molar-refractivity contribution is -0.121. The third-order valence-electron chi connectivity index (χ3n) is 2.18. The Bertz CT molecular complexity index is 324. The molecule has 0 atom stereocenters. The molecule has 0 spiro atoms. The van der Waals surface area contributed by atoms with Gasteiger partial charge in [0.15, 0.2) is 0 Å². The molecule has 0 aliphatic rings. The highest BCUT2D eigenvalue weighted by molar-refractivity contribution is 9.10. The van der Waals surface area contributed by atoms with Crippen molar-refractivity contribution in [1.82, 2.24) is 10.6 Å². The summed E-state index contributed by atoms with van der Waals surface area (Å²) in [6, 6.07) is 7.93. The number of nitrogens with one attached hydrogen (secondary N) is 2. The maximum absolute atomic E-state index is 11.4. The number of halogens is 1. The topological polar surface area (TPSA) is 41.1 Å². The van der Waals surface area contributed by atoms with E-state index >= 15 is 0 Å². The third kappa shape index (κ3) is 5.28. The van der Waals surface area contributed by atoms with E-state index in [2.05, 4.69) is 26.6 Å². The molecule has 4 heteroatoms. The second-order valence-electron chi connectivity index (χ2n) is 3.51. The number of carbonyl (C=O) groups excluding carboxylic acids is 1. The number of hydrogen-bond acceptors (Lipinski definition) is 2. The van der Waals surface area contributed by atoms with Gasteiger partial charge in [-0.25, -0.2) is 0 Å². The lowest BCUT2D eigenvalue weighted by Gasteiger charge is -2.05. The van der Waals surface area contributed by atoms with Crippen LogP contribution in [-0.4, -0.2) is 19.0 Å². The second-order valence-corrected chi connectivity index (χ2v) is 4.42. The number of amides is 1. The molecule has 0 saturated heterocycles. The predicted octanol–water partition coefficient (Wildman–Crippen LogP) is 2.06. The van der Waals surface area contributed by atoms with Crippen LogP contribution in [0.1, 0.15) is 18.9 Å². The van der Waals surface area contributed by atoms with E-state index in [1.54, 1.807) is 0 Å². The van der Waals surface area contributed by atoms with Gasteiger partial charge in [0.1, 0.15) is 0 Å². The minimum atomic E-state index is 0.0869. The average molecular weight is 285 g/mol. The summed E-state index contributed by atoms with van der Waals surface area (Å²) in [6.07, 6.45) is 0.532. The van der Waals surface area contributed by atoms with Crippen molar-refractivity contribution in [3.05, 3.63) is 34.3 Å². The number of benzene rings is 1. The lowest BCUT2D eigenvalue weighted by Crippen LogP contribution is -2.27. The molecule has 3 nitrogen and oxygen atoms in total. The molecular formula is C12H17BrN2O. The molecule has 88 valence electrons. The summed E-state index contributed by atoms with van der Waals surface area (Å²) < 4.78 is 1.05. The Morgan fingerprint density at radius 3 is 2.62 bits per heavy atom. The molecule has 0 aliphatic heterocycles. The van der Waals surface area contributed by atoms with E-state index < -0.39 is 0 Å². The van der Waals surface area contributed by atoms with E-state index in [1.165, 1.54) is 0 Å². The van der Waals surface area contributed by atoms with E-state index in [1.807, 2.05) is 31.2 Å². The first kappa shape index (κ1) is 13.2. The first-order valence-corrected chi connectivity index (χ1v) is 6.23. The maximum atomic E-state index is 11.4. The van der Waals surface area contributed by atoms with Crippen LogP contribution in [0.25, 0.3) is 0 Å². The molecule has 1 amide bonds. The van der Waals surface area contributed by atoms with Gasteiger partial charge in [-0.2, -0.15) is 0 Å². The highest BCUT2D eigenvalue weighted by Gasteiger charge is 2.00. The molecule has 1 aromatic rings. The highest BCUT2D eigenvalue weighted by atomic mass is 79.9. The normalized spacial score (nSPS) is 10.1. The molecule has 0 heterocycles. The molecule has 0 fully saturated rings. The van der Waals surface area contributed by atoms with E-state index in [9.17, 15) is 4.79 Å². The third-order valence-corrected chi connectivity index (χ3v) is 2.71. The van der Waals surface area contributed by atoms with Gasteiger partial charge in [-0.3, -0.25) is 4.79 Å².